The molecule has 236 valence electrons. The van der Waals surface area contributed by atoms with E-state index < -0.39 is 23.8 Å². The molecule has 11 heteroatoms. The number of aliphatic carboxylic acids is 1. The molecule has 0 radical (unpaired) electrons. The van der Waals surface area contributed by atoms with Crippen LogP contribution in [0.4, 0.5) is 0 Å². The highest BCUT2D eigenvalue weighted by atomic mass is 16.5. The zero-order valence-electron chi connectivity index (χ0n) is 26.3. The Hall–Kier alpha value is -4.93. The van der Waals surface area contributed by atoms with Crippen LogP contribution in [0.25, 0.3) is 22.8 Å². The Balaban J connectivity index is 1.44. The molecule has 11 nitrogen and oxygen atoms in total. The minimum atomic E-state index is -1.02. The van der Waals surface area contributed by atoms with Crippen molar-refractivity contribution in [3.63, 3.8) is 0 Å². The molecule has 0 spiro atoms. The number of hydrogen-bond acceptors (Lipinski definition) is 8. The van der Waals surface area contributed by atoms with Crippen molar-refractivity contribution in [2.24, 2.45) is 5.92 Å². The summed E-state index contributed by atoms with van der Waals surface area (Å²) in [5.41, 5.74) is 3.62. The first-order chi connectivity index (χ1) is 21.4. The Labute approximate surface area is 262 Å². The molecule has 0 bridgehead atoms. The maximum atomic E-state index is 13.1. The van der Waals surface area contributed by atoms with Crippen LogP contribution in [0.2, 0.25) is 0 Å². The molecule has 2 heterocycles. The van der Waals surface area contributed by atoms with Crippen LogP contribution in [0.3, 0.4) is 0 Å². The number of aryl methyl sites for hydroxylation is 1. The van der Waals surface area contributed by atoms with Crippen molar-refractivity contribution in [3.05, 3.63) is 83.4 Å². The van der Waals surface area contributed by atoms with E-state index in [0.29, 0.717) is 34.6 Å². The topological polar surface area (TPSA) is 160 Å². The van der Waals surface area contributed by atoms with Crippen molar-refractivity contribution in [3.8, 4) is 22.8 Å². The smallest absolute Gasteiger partial charge is 0.305 e. The lowest BCUT2D eigenvalue weighted by molar-refractivity contribution is -0.137. The van der Waals surface area contributed by atoms with Crippen molar-refractivity contribution < 1.29 is 24.0 Å². The highest BCUT2D eigenvalue weighted by Crippen LogP contribution is 2.23. The monoisotopic (exact) mass is 612 g/mol. The molecule has 0 aliphatic carbocycles. The van der Waals surface area contributed by atoms with Gasteiger partial charge in [0.2, 0.25) is 5.91 Å². The van der Waals surface area contributed by atoms with Crippen molar-refractivity contribution in [2.75, 3.05) is 6.54 Å². The SMILES string of the molecule is CC(C)CCc1noc(-c2cnc(-c3ccc(CC(NC(=O)c4ccc(C(C)(C)C)cc4)C(=O)NCCC(=O)O)cc3)nc2)n1. The molecule has 0 fully saturated rings. The van der Waals surface area contributed by atoms with E-state index in [9.17, 15) is 14.4 Å². The Kier molecular flexibility index (Phi) is 10.8. The van der Waals surface area contributed by atoms with Crippen molar-refractivity contribution >= 4 is 17.8 Å². The Morgan fingerprint density at radius 3 is 2.20 bits per heavy atom. The second-order valence-electron chi connectivity index (χ2n) is 12.4. The number of nitrogens with one attached hydrogen (secondary N) is 2. The van der Waals surface area contributed by atoms with Crippen LogP contribution in [0.5, 0.6) is 0 Å². The van der Waals surface area contributed by atoms with Crippen molar-refractivity contribution in [1.82, 2.24) is 30.7 Å². The molecule has 1 atom stereocenters. The molecular formula is C34H40N6O5. The summed E-state index contributed by atoms with van der Waals surface area (Å²) in [7, 11) is 0. The number of carboxylic acids is 1. The predicted octanol–water partition coefficient (Wildman–Crippen LogP) is 5.01. The number of aromatic nitrogens is 4. The normalized spacial score (nSPS) is 12.1. The molecule has 2 amide bonds. The average Bonchev–Trinajstić information content (AvgIpc) is 3.49. The number of carboxylic acid groups (broad SMARTS) is 1. The van der Waals surface area contributed by atoms with Gasteiger partial charge in [0.05, 0.1) is 12.0 Å². The maximum absolute atomic E-state index is 13.1. The Bertz CT molecular complexity index is 1590. The lowest BCUT2D eigenvalue weighted by atomic mass is 9.86. The molecule has 3 N–H and O–H groups in total. The van der Waals surface area contributed by atoms with Gasteiger partial charge in [0.25, 0.3) is 11.8 Å². The van der Waals surface area contributed by atoms with Gasteiger partial charge in [0.15, 0.2) is 11.6 Å². The number of amides is 2. The van der Waals surface area contributed by atoms with Crippen LogP contribution in [0.1, 0.15) is 74.8 Å². The zero-order valence-corrected chi connectivity index (χ0v) is 26.3. The first kappa shape index (κ1) is 33.0. The van der Waals surface area contributed by atoms with E-state index in [1.54, 1.807) is 24.5 Å². The number of carbonyl (C=O) groups excluding carboxylic acids is 2. The molecule has 1 unspecified atom stereocenters. The molecule has 45 heavy (non-hydrogen) atoms. The summed E-state index contributed by atoms with van der Waals surface area (Å²) in [4.78, 5) is 50.4. The fourth-order valence-corrected chi connectivity index (χ4v) is 4.49. The number of hydrogen-bond donors (Lipinski definition) is 3. The fraction of sp³-hybridized carbons (Fsp3) is 0.382. The van der Waals surface area contributed by atoms with Gasteiger partial charge in [-0.2, -0.15) is 4.98 Å². The largest absolute Gasteiger partial charge is 0.481 e. The lowest BCUT2D eigenvalue weighted by Crippen LogP contribution is -2.48. The molecule has 2 aromatic heterocycles. The third kappa shape index (κ3) is 9.53. The minimum Gasteiger partial charge on any atom is -0.481 e. The summed E-state index contributed by atoms with van der Waals surface area (Å²) < 4.78 is 5.38. The van der Waals surface area contributed by atoms with E-state index in [4.69, 9.17) is 9.63 Å². The van der Waals surface area contributed by atoms with Gasteiger partial charge < -0.3 is 20.3 Å². The molecule has 0 aliphatic heterocycles. The van der Waals surface area contributed by atoms with Crippen LogP contribution in [-0.2, 0) is 27.8 Å². The average molecular weight is 613 g/mol. The second-order valence-corrected chi connectivity index (χ2v) is 12.4. The molecule has 0 aliphatic rings. The van der Waals surface area contributed by atoms with Gasteiger partial charge in [-0.25, -0.2) is 9.97 Å². The quantitative estimate of drug-likeness (QED) is 0.188. The molecule has 4 aromatic rings. The molecule has 2 aromatic carbocycles. The van der Waals surface area contributed by atoms with Gasteiger partial charge in [-0.1, -0.05) is 76.2 Å². The van der Waals surface area contributed by atoms with Gasteiger partial charge in [0, 0.05) is 42.9 Å². The number of carbonyl (C=O) groups is 3. The Morgan fingerprint density at radius 2 is 1.60 bits per heavy atom. The first-order valence-corrected chi connectivity index (χ1v) is 15.0. The van der Waals surface area contributed by atoms with Gasteiger partial charge >= 0.3 is 5.97 Å². The summed E-state index contributed by atoms with van der Waals surface area (Å²) in [6.45, 7) is 10.5. The zero-order chi connectivity index (χ0) is 32.6. The first-order valence-electron chi connectivity index (χ1n) is 15.0. The summed E-state index contributed by atoms with van der Waals surface area (Å²) in [6, 6.07) is 13.7. The van der Waals surface area contributed by atoms with Gasteiger partial charge in [-0.3, -0.25) is 14.4 Å². The van der Waals surface area contributed by atoms with Crippen molar-refractivity contribution in [1.29, 1.82) is 0 Å². The van der Waals surface area contributed by atoms with E-state index in [1.807, 2.05) is 36.4 Å². The van der Waals surface area contributed by atoms with E-state index in [0.717, 1.165) is 29.5 Å². The van der Waals surface area contributed by atoms with Crippen LogP contribution in [0, 0.1) is 5.92 Å². The summed E-state index contributed by atoms with van der Waals surface area (Å²) in [6.07, 6.45) is 4.96. The van der Waals surface area contributed by atoms with Gasteiger partial charge in [-0.05, 0) is 41.0 Å². The number of benzene rings is 2. The Morgan fingerprint density at radius 1 is 0.933 bits per heavy atom. The maximum Gasteiger partial charge on any atom is 0.305 e. The number of rotatable bonds is 13. The van der Waals surface area contributed by atoms with Crippen LogP contribution in [0.15, 0.2) is 65.4 Å². The van der Waals surface area contributed by atoms with E-state index in [1.165, 1.54) is 0 Å². The highest BCUT2D eigenvalue weighted by molar-refractivity contribution is 5.97. The van der Waals surface area contributed by atoms with Gasteiger partial charge in [0.1, 0.15) is 6.04 Å². The number of nitrogens with zero attached hydrogens (tertiary/aromatic N) is 4. The standard InChI is InChI=1S/C34H40N6O5/c1-21(2)6-15-28-39-33(45-40-28)25-19-36-30(37-20-25)23-9-7-22(8-10-23)18-27(32(44)35-17-16-29(41)42)38-31(43)24-11-13-26(14-12-24)34(3,4)5/h7-14,19-21,27H,6,15-18H2,1-5H3,(H,35,44)(H,38,43)(H,41,42). The fourth-order valence-electron chi connectivity index (χ4n) is 4.49. The molecule has 0 saturated heterocycles. The third-order valence-corrected chi connectivity index (χ3v) is 7.24. The lowest BCUT2D eigenvalue weighted by Gasteiger charge is -2.20. The molecule has 4 rings (SSSR count). The van der Waals surface area contributed by atoms with Crippen molar-refractivity contribution in [2.45, 2.75) is 71.8 Å². The second kappa shape index (κ2) is 14.7. The summed E-state index contributed by atoms with van der Waals surface area (Å²) in [5.74, 6) is 0.184. The predicted molar refractivity (Wildman–Crippen MR) is 169 cm³/mol. The summed E-state index contributed by atoms with van der Waals surface area (Å²) >= 11 is 0. The highest BCUT2D eigenvalue weighted by Gasteiger charge is 2.23. The van der Waals surface area contributed by atoms with Crippen LogP contribution < -0.4 is 10.6 Å². The van der Waals surface area contributed by atoms with Crippen LogP contribution >= 0.6 is 0 Å². The molecular weight excluding hydrogens is 572 g/mol. The minimum absolute atomic E-state index is 0.0457. The van der Waals surface area contributed by atoms with E-state index in [2.05, 4.69) is 65.4 Å². The van der Waals surface area contributed by atoms with E-state index >= 15 is 0 Å². The third-order valence-electron chi connectivity index (χ3n) is 7.24. The van der Waals surface area contributed by atoms with E-state index in [-0.39, 0.29) is 24.8 Å². The van der Waals surface area contributed by atoms with Gasteiger partial charge in [-0.15, -0.1) is 0 Å². The molecule has 0 saturated carbocycles. The van der Waals surface area contributed by atoms with Crippen LogP contribution in [-0.4, -0.2) is 55.6 Å². The summed E-state index contributed by atoms with van der Waals surface area (Å²) in [5, 5.41) is 18.4.